The van der Waals surface area contributed by atoms with Crippen molar-refractivity contribution in [1.29, 1.82) is 0 Å². The summed E-state index contributed by atoms with van der Waals surface area (Å²) in [5.74, 6) is -0.00801. The highest BCUT2D eigenvalue weighted by Gasteiger charge is 2.21. The minimum atomic E-state index is -0.340. The molecule has 3 nitrogen and oxygen atoms in total. The van der Waals surface area contributed by atoms with Crippen molar-refractivity contribution in [3.63, 3.8) is 0 Å². The van der Waals surface area contributed by atoms with E-state index in [1.54, 1.807) is 0 Å². The van der Waals surface area contributed by atoms with Crippen LogP contribution in [0.15, 0.2) is 30.3 Å². The second-order valence-corrected chi connectivity index (χ2v) is 4.08. The van der Waals surface area contributed by atoms with Gasteiger partial charge in [-0.1, -0.05) is 30.3 Å². The molecule has 90 valence electrons. The predicted octanol–water partition coefficient (Wildman–Crippen LogP) is 1.81. The lowest BCUT2D eigenvalue weighted by Crippen LogP contribution is -2.41. The SMILES string of the molecule is CC(C)(NC(=O)CCN)c1ccccc1.Cl. The summed E-state index contributed by atoms with van der Waals surface area (Å²) in [4.78, 5) is 11.4. The van der Waals surface area contributed by atoms with E-state index in [2.05, 4.69) is 5.32 Å². The number of rotatable bonds is 4. The number of hydrogen-bond donors (Lipinski definition) is 2. The van der Waals surface area contributed by atoms with Crippen LogP contribution in [0.2, 0.25) is 0 Å². The monoisotopic (exact) mass is 242 g/mol. The molecular formula is C12H19ClN2O. The summed E-state index contributed by atoms with van der Waals surface area (Å²) in [5, 5.41) is 2.95. The summed E-state index contributed by atoms with van der Waals surface area (Å²) in [6, 6.07) is 9.89. The topological polar surface area (TPSA) is 55.1 Å². The Morgan fingerprint density at radius 1 is 1.31 bits per heavy atom. The fourth-order valence-corrected chi connectivity index (χ4v) is 1.47. The first-order valence-electron chi connectivity index (χ1n) is 5.13. The summed E-state index contributed by atoms with van der Waals surface area (Å²) in [5.41, 5.74) is 6.08. The van der Waals surface area contributed by atoms with Crippen LogP contribution in [0.5, 0.6) is 0 Å². The summed E-state index contributed by atoms with van der Waals surface area (Å²) in [7, 11) is 0. The van der Waals surface area contributed by atoms with E-state index in [9.17, 15) is 4.79 Å². The zero-order valence-electron chi connectivity index (χ0n) is 9.69. The molecule has 1 aromatic carbocycles. The molecule has 0 aliphatic heterocycles. The van der Waals surface area contributed by atoms with Gasteiger partial charge in [0.05, 0.1) is 5.54 Å². The Kier molecular flexibility index (Phi) is 6.08. The Labute approximate surface area is 103 Å². The Balaban J connectivity index is 0.00000225. The van der Waals surface area contributed by atoms with Gasteiger partial charge in [0.15, 0.2) is 0 Å². The molecule has 0 heterocycles. The number of amides is 1. The van der Waals surface area contributed by atoms with E-state index in [1.165, 1.54) is 0 Å². The first kappa shape index (κ1) is 14.9. The molecule has 3 N–H and O–H groups in total. The first-order chi connectivity index (χ1) is 7.06. The minimum absolute atomic E-state index is 0. The number of benzene rings is 1. The number of nitrogens with one attached hydrogen (secondary N) is 1. The Morgan fingerprint density at radius 3 is 2.38 bits per heavy atom. The molecule has 0 aliphatic rings. The molecule has 0 unspecified atom stereocenters. The molecule has 1 aromatic rings. The molecule has 1 amide bonds. The van der Waals surface area contributed by atoms with Crippen LogP contribution >= 0.6 is 12.4 Å². The average Bonchev–Trinajstić information content (AvgIpc) is 2.18. The van der Waals surface area contributed by atoms with Gasteiger partial charge < -0.3 is 11.1 Å². The van der Waals surface area contributed by atoms with E-state index in [0.29, 0.717) is 13.0 Å². The van der Waals surface area contributed by atoms with Gasteiger partial charge in [0.25, 0.3) is 0 Å². The Hall–Kier alpha value is -1.06. The summed E-state index contributed by atoms with van der Waals surface area (Å²) in [6.45, 7) is 4.35. The van der Waals surface area contributed by atoms with Crippen LogP contribution in [0.3, 0.4) is 0 Å². The van der Waals surface area contributed by atoms with E-state index < -0.39 is 0 Å². The Morgan fingerprint density at radius 2 is 1.88 bits per heavy atom. The fourth-order valence-electron chi connectivity index (χ4n) is 1.47. The van der Waals surface area contributed by atoms with Gasteiger partial charge in [0, 0.05) is 13.0 Å². The molecule has 0 spiro atoms. The van der Waals surface area contributed by atoms with Crippen molar-refractivity contribution in [3.8, 4) is 0 Å². The van der Waals surface area contributed by atoms with Gasteiger partial charge in [-0.15, -0.1) is 12.4 Å². The standard InChI is InChI=1S/C12H18N2O.ClH/c1-12(2,14-11(15)8-9-13)10-6-4-3-5-7-10;/h3-7H,8-9,13H2,1-2H3,(H,14,15);1H. The van der Waals surface area contributed by atoms with Crippen molar-refractivity contribution in [3.05, 3.63) is 35.9 Å². The molecule has 1 rings (SSSR count). The van der Waals surface area contributed by atoms with E-state index in [-0.39, 0.29) is 23.9 Å². The minimum Gasteiger partial charge on any atom is -0.347 e. The van der Waals surface area contributed by atoms with Crippen LogP contribution < -0.4 is 11.1 Å². The van der Waals surface area contributed by atoms with Gasteiger partial charge in [0.2, 0.25) is 5.91 Å². The van der Waals surface area contributed by atoms with Crippen molar-refractivity contribution < 1.29 is 4.79 Å². The van der Waals surface area contributed by atoms with Crippen LogP contribution in [0.1, 0.15) is 25.8 Å². The zero-order chi connectivity index (χ0) is 11.3. The average molecular weight is 243 g/mol. The highest BCUT2D eigenvalue weighted by molar-refractivity contribution is 5.85. The summed E-state index contributed by atoms with van der Waals surface area (Å²) in [6.07, 6.45) is 0.371. The van der Waals surface area contributed by atoms with Crippen LogP contribution in [0.4, 0.5) is 0 Å². The Bertz CT molecular complexity index is 325. The van der Waals surface area contributed by atoms with Gasteiger partial charge in [-0.3, -0.25) is 4.79 Å². The number of nitrogens with two attached hydrogens (primary N) is 1. The van der Waals surface area contributed by atoms with Gasteiger partial charge in [-0.05, 0) is 19.4 Å². The molecular weight excluding hydrogens is 224 g/mol. The van der Waals surface area contributed by atoms with E-state index >= 15 is 0 Å². The number of carbonyl (C=O) groups excluding carboxylic acids is 1. The molecule has 16 heavy (non-hydrogen) atoms. The van der Waals surface area contributed by atoms with Crippen LogP contribution in [-0.2, 0) is 10.3 Å². The van der Waals surface area contributed by atoms with Crippen LogP contribution in [-0.4, -0.2) is 12.5 Å². The lowest BCUT2D eigenvalue weighted by molar-refractivity contribution is -0.122. The summed E-state index contributed by atoms with van der Waals surface area (Å²) < 4.78 is 0. The van der Waals surface area contributed by atoms with E-state index in [4.69, 9.17) is 5.73 Å². The fraction of sp³-hybridized carbons (Fsp3) is 0.417. The second kappa shape index (κ2) is 6.51. The second-order valence-electron chi connectivity index (χ2n) is 4.08. The van der Waals surface area contributed by atoms with Crippen molar-refractivity contribution in [2.75, 3.05) is 6.54 Å². The van der Waals surface area contributed by atoms with Gasteiger partial charge in [-0.2, -0.15) is 0 Å². The molecule has 0 fully saturated rings. The highest BCUT2D eigenvalue weighted by Crippen LogP contribution is 2.19. The maximum Gasteiger partial charge on any atom is 0.221 e. The molecule has 0 saturated carbocycles. The molecule has 0 bridgehead atoms. The zero-order valence-corrected chi connectivity index (χ0v) is 10.5. The van der Waals surface area contributed by atoms with Crippen LogP contribution in [0, 0.1) is 0 Å². The molecule has 0 aliphatic carbocycles. The third kappa shape index (κ3) is 4.21. The number of hydrogen-bond acceptors (Lipinski definition) is 2. The highest BCUT2D eigenvalue weighted by atomic mass is 35.5. The lowest BCUT2D eigenvalue weighted by Gasteiger charge is -2.26. The van der Waals surface area contributed by atoms with Crippen molar-refractivity contribution >= 4 is 18.3 Å². The van der Waals surface area contributed by atoms with E-state index in [0.717, 1.165) is 5.56 Å². The third-order valence-corrected chi connectivity index (χ3v) is 2.32. The number of halogens is 1. The van der Waals surface area contributed by atoms with Gasteiger partial charge in [0.1, 0.15) is 0 Å². The molecule has 0 aromatic heterocycles. The quantitative estimate of drug-likeness (QED) is 0.846. The first-order valence-corrected chi connectivity index (χ1v) is 5.13. The lowest BCUT2D eigenvalue weighted by atomic mass is 9.94. The largest absolute Gasteiger partial charge is 0.347 e. The molecule has 0 saturated heterocycles. The van der Waals surface area contributed by atoms with E-state index in [1.807, 2.05) is 44.2 Å². The van der Waals surface area contributed by atoms with Crippen molar-refractivity contribution in [1.82, 2.24) is 5.32 Å². The van der Waals surface area contributed by atoms with Crippen molar-refractivity contribution in [2.45, 2.75) is 25.8 Å². The maximum absolute atomic E-state index is 11.4. The van der Waals surface area contributed by atoms with Gasteiger partial charge >= 0.3 is 0 Å². The molecule has 4 heteroatoms. The third-order valence-electron chi connectivity index (χ3n) is 2.32. The van der Waals surface area contributed by atoms with Crippen LogP contribution in [0.25, 0.3) is 0 Å². The number of carbonyl (C=O) groups is 1. The maximum atomic E-state index is 11.4. The van der Waals surface area contributed by atoms with Gasteiger partial charge in [-0.25, -0.2) is 0 Å². The summed E-state index contributed by atoms with van der Waals surface area (Å²) >= 11 is 0. The molecule has 0 atom stereocenters. The predicted molar refractivity (Wildman–Crippen MR) is 68.5 cm³/mol. The molecule has 0 radical (unpaired) electrons. The van der Waals surface area contributed by atoms with Crippen molar-refractivity contribution in [2.24, 2.45) is 5.73 Å². The smallest absolute Gasteiger partial charge is 0.221 e. The normalized spacial score (nSPS) is 10.4.